The van der Waals surface area contributed by atoms with Crippen molar-refractivity contribution in [1.82, 2.24) is 9.78 Å². The van der Waals surface area contributed by atoms with Gasteiger partial charge >= 0.3 is 5.97 Å². The number of hydrogen-bond acceptors (Lipinski definition) is 6. The van der Waals surface area contributed by atoms with E-state index >= 15 is 0 Å². The zero-order valence-electron chi connectivity index (χ0n) is 9.72. The number of nitrogens with two attached hydrogens (primary N) is 1. The molecule has 1 aromatic rings. The van der Waals surface area contributed by atoms with Crippen LogP contribution in [0, 0.1) is 6.92 Å². The lowest BCUT2D eigenvalue weighted by Crippen LogP contribution is -2.25. The summed E-state index contributed by atoms with van der Waals surface area (Å²) in [5, 5.41) is 3.94. The van der Waals surface area contributed by atoms with Crippen LogP contribution in [0.15, 0.2) is 0 Å². The Bertz CT molecular complexity index is 534. The highest BCUT2D eigenvalue weighted by Crippen LogP contribution is 2.21. The predicted octanol–water partition coefficient (Wildman–Crippen LogP) is -0.775. The number of ether oxygens (including phenoxy) is 1. The SMILES string of the molecule is COC(=O)CS(=O)(=O)Nc1c(N)c(C)nn1C. The van der Waals surface area contributed by atoms with E-state index in [0.29, 0.717) is 5.69 Å². The molecule has 0 aliphatic heterocycles. The summed E-state index contributed by atoms with van der Waals surface area (Å²) in [6.07, 6.45) is 0. The fourth-order valence-corrected chi connectivity index (χ4v) is 2.23. The van der Waals surface area contributed by atoms with E-state index in [1.165, 1.54) is 4.68 Å². The van der Waals surface area contributed by atoms with Gasteiger partial charge in [0.15, 0.2) is 11.6 Å². The molecule has 0 atom stereocenters. The fourth-order valence-electron chi connectivity index (χ4n) is 1.19. The van der Waals surface area contributed by atoms with Gasteiger partial charge in [-0.3, -0.25) is 9.52 Å². The van der Waals surface area contributed by atoms with Crippen molar-refractivity contribution in [3.63, 3.8) is 0 Å². The molecular formula is C8H14N4O4S. The number of esters is 1. The van der Waals surface area contributed by atoms with Crippen LogP contribution in [0.4, 0.5) is 11.5 Å². The Labute approximate surface area is 98.8 Å². The topological polar surface area (TPSA) is 116 Å². The molecule has 17 heavy (non-hydrogen) atoms. The monoisotopic (exact) mass is 262 g/mol. The molecule has 1 rings (SSSR count). The maximum atomic E-state index is 11.6. The van der Waals surface area contributed by atoms with Gasteiger partial charge in [0.05, 0.1) is 18.5 Å². The number of hydrogen-bond donors (Lipinski definition) is 2. The van der Waals surface area contributed by atoms with Crippen molar-refractivity contribution in [2.24, 2.45) is 7.05 Å². The van der Waals surface area contributed by atoms with Crippen molar-refractivity contribution in [2.75, 3.05) is 23.3 Å². The highest BCUT2D eigenvalue weighted by atomic mass is 32.2. The summed E-state index contributed by atoms with van der Waals surface area (Å²) in [6.45, 7) is 1.65. The molecule has 0 saturated carbocycles. The molecule has 3 N–H and O–H groups in total. The van der Waals surface area contributed by atoms with Crippen molar-refractivity contribution in [3.8, 4) is 0 Å². The second-order valence-electron chi connectivity index (χ2n) is 3.41. The number of carbonyl (C=O) groups excluding carboxylic acids is 1. The number of nitrogens with zero attached hydrogens (tertiary/aromatic N) is 2. The third kappa shape index (κ3) is 3.09. The number of nitrogen functional groups attached to an aromatic ring is 1. The summed E-state index contributed by atoms with van der Waals surface area (Å²) < 4.78 is 30.9. The van der Waals surface area contributed by atoms with Gasteiger partial charge in [0.25, 0.3) is 0 Å². The van der Waals surface area contributed by atoms with E-state index < -0.39 is 21.7 Å². The number of aromatic nitrogens is 2. The van der Waals surface area contributed by atoms with E-state index in [0.717, 1.165) is 7.11 Å². The van der Waals surface area contributed by atoms with E-state index in [1.54, 1.807) is 14.0 Å². The maximum Gasteiger partial charge on any atom is 0.322 e. The minimum absolute atomic E-state index is 0.131. The summed E-state index contributed by atoms with van der Waals surface area (Å²) in [5.74, 6) is -1.49. The molecule has 0 aliphatic rings. The summed E-state index contributed by atoms with van der Waals surface area (Å²) in [6, 6.07) is 0. The number of anilines is 2. The number of carbonyl (C=O) groups is 1. The Kier molecular flexibility index (Phi) is 3.61. The van der Waals surface area contributed by atoms with Crippen LogP contribution in [0.3, 0.4) is 0 Å². The number of aryl methyl sites for hydroxylation is 2. The van der Waals surface area contributed by atoms with Gasteiger partial charge in [-0.25, -0.2) is 13.1 Å². The second kappa shape index (κ2) is 4.62. The largest absolute Gasteiger partial charge is 0.468 e. The highest BCUT2D eigenvalue weighted by Gasteiger charge is 2.20. The van der Waals surface area contributed by atoms with Crippen LogP contribution < -0.4 is 10.5 Å². The van der Waals surface area contributed by atoms with Crippen molar-refractivity contribution in [2.45, 2.75) is 6.92 Å². The van der Waals surface area contributed by atoms with Crippen LogP contribution in [0.5, 0.6) is 0 Å². The fraction of sp³-hybridized carbons (Fsp3) is 0.500. The third-order valence-electron chi connectivity index (χ3n) is 2.06. The van der Waals surface area contributed by atoms with Gasteiger partial charge in [-0.15, -0.1) is 0 Å². The van der Waals surface area contributed by atoms with Crippen molar-refractivity contribution >= 4 is 27.5 Å². The van der Waals surface area contributed by atoms with Crippen LogP contribution in [0.2, 0.25) is 0 Å². The van der Waals surface area contributed by atoms with E-state index in [1.807, 2.05) is 0 Å². The molecule has 0 radical (unpaired) electrons. The predicted molar refractivity (Wildman–Crippen MR) is 61.8 cm³/mol. The van der Waals surface area contributed by atoms with Crippen LogP contribution >= 0.6 is 0 Å². The number of rotatable bonds is 4. The van der Waals surface area contributed by atoms with Gasteiger partial charge in [0.1, 0.15) is 0 Å². The lowest BCUT2D eigenvalue weighted by atomic mass is 10.4. The van der Waals surface area contributed by atoms with Gasteiger partial charge in [0.2, 0.25) is 10.0 Å². The number of nitrogens with one attached hydrogen (secondary N) is 1. The average Bonchev–Trinajstić information content (AvgIpc) is 2.44. The van der Waals surface area contributed by atoms with Gasteiger partial charge in [-0.2, -0.15) is 5.10 Å². The Balaban J connectivity index is 2.94. The molecule has 8 nitrogen and oxygen atoms in total. The molecule has 0 fully saturated rings. The standard InChI is InChI=1S/C8H14N4O4S/c1-5-7(9)8(12(2)10-5)11-17(14,15)4-6(13)16-3/h11H,4,9H2,1-3H3. The third-order valence-corrected chi connectivity index (χ3v) is 3.18. The zero-order chi connectivity index (χ0) is 13.2. The number of methoxy groups -OCH3 is 1. The lowest BCUT2D eigenvalue weighted by molar-refractivity contribution is -0.137. The summed E-state index contributed by atoms with van der Waals surface area (Å²) in [5.41, 5.74) is 6.37. The Morgan fingerprint density at radius 3 is 2.59 bits per heavy atom. The summed E-state index contributed by atoms with van der Waals surface area (Å²) in [4.78, 5) is 10.9. The van der Waals surface area contributed by atoms with E-state index in [2.05, 4.69) is 14.6 Å². The molecule has 1 heterocycles. The second-order valence-corrected chi connectivity index (χ2v) is 5.13. The van der Waals surface area contributed by atoms with Crippen LogP contribution in [-0.2, 0) is 26.6 Å². The van der Waals surface area contributed by atoms with Crippen LogP contribution in [0.25, 0.3) is 0 Å². The molecule has 0 unspecified atom stereocenters. The van der Waals surface area contributed by atoms with Crippen molar-refractivity contribution in [3.05, 3.63) is 5.69 Å². The van der Waals surface area contributed by atoms with E-state index in [-0.39, 0.29) is 11.5 Å². The first kappa shape index (κ1) is 13.3. The van der Waals surface area contributed by atoms with Crippen molar-refractivity contribution in [1.29, 1.82) is 0 Å². The molecule has 0 saturated heterocycles. The number of sulfonamides is 1. The average molecular weight is 262 g/mol. The molecule has 9 heteroatoms. The normalized spacial score (nSPS) is 11.2. The van der Waals surface area contributed by atoms with Crippen LogP contribution in [-0.4, -0.2) is 37.0 Å². The molecule has 0 bridgehead atoms. The minimum Gasteiger partial charge on any atom is -0.468 e. The van der Waals surface area contributed by atoms with E-state index in [9.17, 15) is 13.2 Å². The molecule has 0 spiro atoms. The van der Waals surface area contributed by atoms with Gasteiger partial charge < -0.3 is 10.5 Å². The Morgan fingerprint density at radius 2 is 2.18 bits per heavy atom. The first-order valence-corrected chi connectivity index (χ1v) is 6.28. The van der Waals surface area contributed by atoms with Crippen LogP contribution in [0.1, 0.15) is 5.69 Å². The van der Waals surface area contributed by atoms with Crippen molar-refractivity contribution < 1.29 is 17.9 Å². The van der Waals surface area contributed by atoms with E-state index in [4.69, 9.17) is 5.73 Å². The minimum atomic E-state index is -3.84. The molecule has 0 amide bonds. The summed E-state index contributed by atoms with van der Waals surface area (Å²) in [7, 11) is -1.19. The Hall–Kier alpha value is -1.77. The quantitative estimate of drug-likeness (QED) is 0.688. The first-order valence-electron chi connectivity index (χ1n) is 4.63. The van der Waals surface area contributed by atoms with Gasteiger partial charge in [0, 0.05) is 7.05 Å². The first-order chi connectivity index (χ1) is 7.76. The smallest absolute Gasteiger partial charge is 0.322 e. The molecule has 0 aliphatic carbocycles. The van der Waals surface area contributed by atoms with Gasteiger partial charge in [-0.05, 0) is 6.92 Å². The molecular weight excluding hydrogens is 248 g/mol. The summed E-state index contributed by atoms with van der Waals surface area (Å²) >= 11 is 0. The maximum absolute atomic E-state index is 11.6. The van der Waals surface area contributed by atoms with Gasteiger partial charge in [-0.1, -0.05) is 0 Å². The molecule has 0 aromatic carbocycles. The zero-order valence-corrected chi connectivity index (χ0v) is 10.5. The Morgan fingerprint density at radius 1 is 1.59 bits per heavy atom. The molecule has 96 valence electrons. The molecule has 1 aromatic heterocycles. The highest BCUT2D eigenvalue weighted by molar-refractivity contribution is 7.93. The lowest BCUT2D eigenvalue weighted by Gasteiger charge is -2.07.